The lowest BCUT2D eigenvalue weighted by Crippen LogP contribution is -2.51. The lowest BCUT2D eigenvalue weighted by atomic mass is 10.2. The van der Waals surface area contributed by atoms with E-state index in [0.717, 1.165) is 39.1 Å². The van der Waals surface area contributed by atoms with Crippen molar-refractivity contribution >= 4 is 30.7 Å². The Morgan fingerprint density at radius 1 is 1.24 bits per heavy atom. The monoisotopic (exact) mass is 343 g/mol. The smallest absolute Gasteiger partial charge is 0.239 e. The third-order valence-electron chi connectivity index (χ3n) is 3.27. The van der Waals surface area contributed by atoms with Gasteiger partial charge in [0.25, 0.3) is 0 Å². The summed E-state index contributed by atoms with van der Waals surface area (Å²) in [7, 11) is 0. The molecule has 7 heteroatoms. The highest BCUT2D eigenvalue weighted by atomic mass is 35.5. The molecule has 0 bridgehead atoms. The second kappa shape index (κ2) is 14.9. The zero-order chi connectivity index (χ0) is 13.9. The molecule has 0 spiro atoms. The number of nitrogens with zero attached hydrogens (tertiary/aromatic N) is 1. The Kier molecular flexibility index (Phi) is 16.4. The van der Waals surface area contributed by atoms with E-state index in [1.807, 2.05) is 0 Å². The number of ether oxygens (including phenoxy) is 1. The van der Waals surface area contributed by atoms with Gasteiger partial charge in [-0.25, -0.2) is 0 Å². The second-order valence-electron chi connectivity index (χ2n) is 5.07. The van der Waals surface area contributed by atoms with Gasteiger partial charge in [0.15, 0.2) is 0 Å². The maximum atomic E-state index is 11.8. The van der Waals surface area contributed by atoms with Crippen molar-refractivity contribution in [2.24, 2.45) is 0 Å². The SMILES string of the molecule is CCCN(CCC)CCCNC(=O)C1COCCN1.Cl.Cl. The van der Waals surface area contributed by atoms with Gasteiger partial charge in [-0.3, -0.25) is 4.79 Å². The first kappa shape index (κ1) is 23.2. The number of halogens is 2. The second-order valence-corrected chi connectivity index (χ2v) is 5.07. The van der Waals surface area contributed by atoms with Crippen LogP contribution in [0.25, 0.3) is 0 Å². The quantitative estimate of drug-likeness (QED) is 0.622. The molecule has 1 atom stereocenters. The minimum Gasteiger partial charge on any atom is -0.378 e. The van der Waals surface area contributed by atoms with Gasteiger partial charge in [0.05, 0.1) is 13.2 Å². The van der Waals surface area contributed by atoms with Crippen LogP contribution in [0.3, 0.4) is 0 Å². The number of amides is 1. The highest BCUT2D eigenvalue weighted by Gasteiger charge is 2.20. The molecule has 1 aliphatic heterocycles. The van der Waals surface area contributed by atoms with Crippen molar-refractivity contribution in [3.8, 4) is 0 Å². The first-order chi connectivity index (χ1) is 9.27. The van der Waals surface area contributed by atoms with Gasteiger partial charge in [-0.2, -0.15) is 0 Å². The molecule has 1 aliphatic rings. The molecule has 1 saturated heterocycles. The molecule has 0 aliphatic carbocycles. The number of hydrogen-bond acceptors (Lipinski definition) is 4. The summed E-state index contributed by atoms with van der Waals surface area (Å²) in [6.07, 6.45) is 3.39. The topological polar surface area (TPSA) is 53.6 Å². The minimum absolute atomic E-state index is 0. The average molecular weight is 344 g/mol. The highest BCUT2D eigenvalue weighted by molar-refractivity contribution is 5.85. The van der Waals surface area contributed by atoms with Crippen molar-refractivity contribution in [2.45, 2.75) is 39.2 Å². The molecule has 0 aromatic heterocycles. The summed E-state index contributed by atoms with van der Waals surface area (Å²) >= 11 is 0. The van der Waals surface area contributed by atoms with Crippen LogP contribution in [0.4, 0.5) is 0 Å². The molecule has 21 heavy (non-hydrogen) atoms. The molecule has 1 heterocycles. The van der Waals surface area contributed by atoms with E-state index in [1.54, 1.807) is 0 Å². The molecular weight excluding hydrogens is 313 g/mol. The third kappa shape index (κ3) is 10.3. The van der Waals surface area contributed by atoms with Gasteiger partial charge >= 0.3 is 0 Å². The molecular formula is C14H31Cl2N3O2. The number of rotatable bonds is 9. The standard InChI is InChI=1S/C14H29N3O2.2ClH/c1-3-8-17(9-4-2)10-5-6-16-14(18)13-12-19-11-7-15-13;;/h13,15H,3-12H2,1-2H3,(H,16,18);2*1H. The molecule has 1 rings (SSSR count). The van der Waals surface area contributed by atoms with Gasteiger partial charge < -0.3 is 20.3 Å². The van der Waals surface area contributed by atoms with Crippen LogP contribution >= 0.6 is 24.8 Å². The Bertz CT molecular complexity index is 246. The van der Waals surface area contributed by atoms with Crippen molar-refractivity contribution in [1.82, 2.24) is 15.5 Å². The van der Waals surface area contributed by atoms with Gasteiger partial charge in [0.1, 0.15) is 6.04 Å². The first-order valence-corrected chi connectivity index (χ1v) is 7.59. The van der Waals surface area contributed by atoms with E-state index in [1.165, 1.54) is 12.8 Å². The minimum atomic E-state index is -0.170. The van der Waals surface area contributed by atoms with Crippen molar-refractivity contribution in [2.75, 3.05) is 45.9 Å². The summed E-state index contributed by atoms with van der Waals surface area (Å²) in [4.78, 5) is 14.3. The van der Waals surface area contributed by atoms with E-state index in [2.05, 4.69) is 29.4 Å². The Balaban J connectivity index is 0. The van der Waals surface area contributed by atoms with Gasteiger partial charge in [0.2, 0.25) is 5.91 Å². The molecule has 128 valence electrons. The summed E-state index contributed by atoms with van der Waals surface area (Å²) in [6.45, 7) is 10.5. The van der Waals surface area contributed by atoms with E-state index in [-0.39, 0.29) is 36.8 Å². The lowest BCUT2D eigenvalue weighted by Gasteiger charge is -2.24. The van der Waals surface area contributed by atoms with E-state index in [9.17, 15) is 4.79 Å². The summed E-state index contributed by atoms with van der Waals surface area (Å²) in [6, 6.07) is -0.170. The Labute approximate surface area is 141 Å². The van der Waals surface area contributed by atoms with Crippen molar-refractivity contribution in [1.29, 1.82) is 0 Å². The molecule has 0 aromatic carbocycles. The first-order valence-electron chi connectivity index (χ1n) is 7.59. The van der Waals surface area contributed by atoms with Crippen LogP contribution in [0.1, 0.15) is 33.1 Å². The maximum Gasteiger partial charge on any atom is 0.239 e. The molecule has 0 saturated carbocycles. The summed E-state index contributed by atoms with van der Waals surface area (Å²) in [5, 5.41) is 6.15. The van der Waals surface area contributed by atoms with Crippen LogP contribution < -0.4 is 10.6 Å². The van der Waals surface area contributed by atoms with Gasteiger partial charge in [-0.05, 0) is 38.9 Å². The fourth-order valence-electron chi connectivity index (χ4n) is 2.34. The fourth-order valence-corrected chi connectivity index (χ4v) is 2.34. The number of hydrogen-bond donors (Lipinski definition) is 2. The van der Waals surface area contributed by atoms with Gasteiger partial charge in [0, 0.05) is 13.1 Å². The lowest BCUT2D eigenvalue weighted by molar-refractivity contribution is -0.125. The zero-order valence-electron chi connectivity index (χ0n) is 13.2. The molecule has 0 radical (unpaired) electrons. The van der Waals surface area contributed by atoms with E-state index in [4.69, 9.17) is 4.74 Å². The zero-order valence-corrected chi connectivity index (χ0v) is 14.9. The number of carbonyl (C=O) groups excluding carboxylic acids is 1. The number of carbonyl (C=O) groups is 1. The average Bonchev–Trinajstić information content (AvgIpc) is 2.44. The van der Waals surface area contributed by atoms with Crippen LogP contribution in [0, 0.1) is 0 Å². The molecule has 2 N–H and O–H groups in total. The number of nitrogens with one attached hydrogen (secondary N) is 2. The van der Waals surface area contributed by atoms with Crippen LogP contribution in [-0.4, -0.2) is 62.8 Å². The maximum absolute atomic E-state index is 11.8. The van der Waals surface area contributed by atoms with Crippen LogP contribution in [0.5, 0.6) is 0 Å². The van der Waals surface area contributed by atoms with Crippen LogP contribution in [0.15, 0.2) is 0 Å². The van der Waals surface area contributed by atoms with Crippen LogP contribution in [-0.2, 0) is 9.53 Å². The molecule has 5 nitrogen and oxygen atoms in total. The molecule has 0 aromatic rings. The van der Waals surface area contributed by atoms with E-state index < -0.39 is 0 Å². The summed E-state index contributed by atoms with van der Waals surface area (Å²) in [5.41, 5.74) is 0. The van der Waals surface area contributed by atoms with Gasteiger partial charge in [-0.1, -0.05) is 13.8 Å². The molecule has 1 fully saturated rings. The van der Waals surface area contributed by atoms with Crippen LogP contribution in [0.2, 0.25) is 0 Å². The Hall–Kier alpha value is -0.0700. The predicted octanol–water partition coefficient (Wildman–Crippen LogP) is 1.45. The predicted molar refractivity (Wildman–Crippen MR) is 91.8 cm³/mol. The van der Waals surface area contributed by atoms with Crippen molar-refractivity contribution in [3.05, 3.63) is 0 Å². The normalized spacial score (nSPS) is 17.8. The summed E-state index contributed by atoms with van der Waals surface area (Å²) < 4.78 is 5.28. The van der Waals surface area contributed by atoms with E-state index in [0.29, 0.717) is 13.2 Å². The Morgan fingerprint density at radius 3 is 2.43 bits per heavy atom. The largest absolute Gasteiger partial charge is 0.378 e. The van der Waals surface area contributed by atoms with Crippen molar-refractivity contribution in [3.63, 3.8) is 0 Å². The third-order valence-corrected chi connectivity index (χ3v) is 3.27. The summed E-state index contributed by atoms with van der Waals surface area (Å²) in [5.74, 6) is 0.0669. The van der Waals surface area contributed by atoms with E-state index >= 15 is 0 Å². The van der Waals surface area contributed by atoms with Gasteiger partial charge in [-0.15, -0.1) is 24.8 Å². The highest BCUT2D eigenvalue weighted by Crippen LogP contribution is 1.97. The van der Waals surface area contributed by atoms with Crippen molar-refractivity contribution < 1.29 is 9.53 Å². The Morgan fingerprint density at radius 2 is 1.90 bits per heavy atom. The molecule has 1 amide bonds. The number of morpholine rings is 1. The molecule has 1 unspecified atom stereocenters. The fraction of sp³-hybridized carbons (Fsp3) is 0.929.